The number of aromatic nitrogens is 2. The molecule has 1 aliphatic carbocycles. The van der Waals surface area contributed by atoms with Gasteiger partial charge in [0.25, 0.3) is 5.56 Å². The van der Waals surface area contributed by atoms with Crippen LogP contribution in [0.15, 0.2) is 29.3 Å². The Balaban J connectivity index is 2.09. The molecule has 0 amide bonds. The number of rotatable bonds is 3. The molecule has 2 atom stereocenters. The first-order valence-corrected chi connectivity index (χ1v) is 5.28. The third-order valence-corrected chi connectivity index (χ3v) is 2.75. The summed E-state index contributed by atoms with van der Waals surface area (Å²) in [6, 6.07) is 0.0831. The highest BCUT2D eigenvalue weighted by Crippen LogP contribution is 2.18. The molecule has 5 nitrogen and oxygen atoms in total. The fraction of sp³-hybridized carbons (Fsp3) is 0.455. The number of aryl methyl sites for hydroxylation is 1. The highest BCUT2D eigenvalue weighted by molar-refractivity contribution is 5.35. The molecule has 0 saturated heterocycles. The summed E-state index contributed by atoms with van der Waals surface area (Å²) in [5.41, 5.74) is -0.136. The van der Waals surface area contributed by atoms with Gasteiger partial charge in [0.1, 0.15) is 0 Å². The second-order valence-electron chi connectivity index (χ2n) is 4.01. The van der Waals surface area contributed by atoms with Crippen molar-refractivity contribution in [2.45, 2.75) is 12.5 Å². The monoisotopic (exact) mass is 221 g/mol. The van der Waals surface area contributed by atoms with Crippen molar-refractivity contribution in [3.8, 4) is 0 Å². The first kappa shape index (κ1) is 10.9. The third-order valence-electron chi connectivity index (χ3n) is 2.75. The van der Waals surface area contributed by atoms with Gasteiger partial charge in [0, 0.05) is 38.0 Å². The average Bonchev–Trinajstić information content (AvgIpc) is 2.73. The normalized spacial score (nSPS) is 23.6. The van der Waals surface area contributed by atoms with Crippen LogP contribution in [-0.2, 0) is 7.05 Å². The van der Waals surface area contributed by atoms with Crippen LogP contribution in [0.3, 0.4) is 0 Å². The van der Waals surface area contributed by atoms with Crippen LogP contribution in [0.1, 0.15) is 6.42 Å². The van der Waals surface area contributed by atoms with E-state index in [1.807, 2.05) is 12.2 Å². The molecule has 0 aliphatic heterocycles. The predicted molar refractivity (Wildman–Crippen MR) is 61.2 cm³/mol. The van der Waals surface area contributed by atoms with E-state index in [0.29, 0.717) is 5.82 Å². The van der Waals surface area contributed by atoms with E-state index in [4.69, 9.17) is 5.11 Å². The maximum atomic E-state index is 11.7. The SMILES string of the molecule is Cn1ccnc(N[C@@H]2C=C[C@H](CO)C2)c1=O. The Bertz CT molecular complexity index is 453. The largest absolute Gasteiger partial charge is 0.396 e. The van der Waals surface area contributed by atoms with E-state index in [0.717, 1.165) is 6.42 Å². The Labute approximate surface area is 93.4 Å². The van der Waals surface area contributed by atoms with Gasteiger partial charge in [0.15, 0.2) is 5.82 Å². The summed E-state index contributed by atoms with van der Waals surface area (Å²) in [7, 11) is 1.69. The minimum Gasteiger partial charge on any atom is -0.396 e. The molecule has 2 rings (SSSR count). The lowest BCUT2D eigenvalue weighted by atomic mass is 10.1. The lowest BCUT2D eigenvalue weighted by molar-refractivity contribution is 0.250. The molecule has 0 radical (unpaired) electrons. The number of anilines is 1. The molecule has 1 aromatic heterocycles. The Morgan fingerprint density at radius 2 is 2.44 bits per heavy atom. The second-order valence-corrected chi connectivity index (χ2v) is 4.01. The summed E-state index contributed by atoms with van der Waals surface area (Å²) in [6.07, 6.45) is 7.94. The quantitative estimate of drug-likeness (QED) is 0.712. The van der Waals surface area contributed by atoms with Crippen LogP contribution in [-0.4, -0.2) is 27.3 Å². The van der Waals surface area contributed by atoms with Crippen LogP contribution in [0.4, 0.5) is 5.82 Å². The number of hydrogen-bond acceptors (Lipinski definition) is 4. The molecule has 1 heterocycles. The maximum Gasteiger partial charge on any atom is 0.293 e. The van der Waals surface area contributed by atoms with Gasteiger partial charge < -0.3 is 15.0 Å². The van der Waals surface area contributed by atoms with Crippen molar-refractivity contribution < 1.29 is 5.11 Å². The van der Waals surface area contributed by atoms with Gasteiger partial charge in [0.2, 0.25) is 0 Å². The molecule has 0 saturated carbocycles. The minimum absolute atomic E-state index is 0.0831. The molecule has 1 aliphatic rings. The Morgan fingerprint density at radius 1 is 1.62 bits per heavy atom. The van der Waals surface area contributed by atoms with Gasteiger partial charge in [-0.25, -0.2) is 4.98 Å². The van der Waals surface area contributed by atoms with E-state index in [1.54, 1.807) is 19.4 Å². The zero-order valence-corrected chi connectivity index (χ0v) is 9.13. The number of nitrogens with zero attached hydrogens (tertiary/aromatic N) is 2. The van der Waals surface area contributed by atoms with Crippen molar-refractivity contribution in [2.75, 3.05) is 11.9 Å². The van der Waals surface area contributed by atoms with Crippen molar-refractivity contribution in [3.63, 3.8) is 0 Å². The fourth-order valence-corrected chi connectivity index (χ4v) is 1.79. The Hall–Kier alpha value is -1.62. The van der Waals surface area contributed by atoms with Crippen LogP contribution >= 0.6 is 0 Å². The van der Waals surface area contributed by atoms with E-state index in [2.05, 4.69) is 10.3 Å². The van der Waals surface area contributed by atoms with E-state index in [9.17, 15) is 4.79 Å². The number of nitrogens with one attached hydrogen (secondary N) is 1. The van der Waals surface area contributed by atoms with Gasteiger partial charge in [-0.05, 0) is 6.42 Å². The highest BCUT2D eigenvalue weighted by atomic mass is 16.3. The van der Waals surface area contributed by atoms with Crippen molar-refractivity contribution in [3.05, 3.63) is 34.9 Å². The van der Waals surface area contributed by atoms with Gasteiger partial charge >= 0.3 is 0 Å². The summed E-state index contributed by atoms with van der Waals surface area (Å²) in [6.45, 7) is 0.148. The van der Waals surface area contributed by atoms with Crippen LogP contribution in [0.2, 0.25) is 0 Å². The summed E-state index contributed by atoms with van der Waals surface area (Å²) in [4.78, 5) is 15.7. The van der Waals surface area contributed by atoms with Gasteiger partial charge in [-0.2, -0.15) is 0 Å². The molecule has 0 unspecified atom stereocenters. The molecular weight excluding hydrogens is 206 g/mol. The summed E-state index contributed by atoms with van der Waals surface area (Å²) < 4.78 is 1.48. The van der Waals surface area contributed by atoms with Gasteiger partial charge in [-0.3, -0.25) is 4.79 Å². The summed E-state index contributed by atoms with van der Waals surface area (Å²) in [5.74, 6) is 0.545. The number of hydrogen-bond donors (Lipinski definition) is 2. The van der Waals surface area contributed by atoms with Gasteiger partial charge in [-0.15, -0.1) is 0 Å². The Kier molecular flexibility index (Phi) is 3.05. The van der Waals surface area contributed by atoms with Crippen LogP contribution < -0.4 is 10.9 Å². The van der Waals surface area contributed by atoms with Crippen molar-refractivity contribution in [2.24, 2.45) is 13.0 Å². The maximum absolute atomic E-state index is 11.7. The molecule has 1 aromatic rings. The number of aliphatic hydroxyl groups is 1. The van der Waals surface area contributed by atoms with Crippen molar-refractivity contribution in [1.82, 2.24) is 9.55 Å². The molecule has 0 fully saturated rings. The highest BCUT2D eigenvalue weighted by Gasteiger charge is 2.19. The molecule has 2 N–H and O–H groups in total. The third kappa shape index (κ3) is 2.14. The van der Waals surface area contributed by atoms with Crippen molar-refractivity contribution in [1.29, 1.82) is 0 Å². The zero-order chi connectivity index (χ0) is 11.5. The topological polar surface area (TPSA) is 67.2 Å². The Morgan fingerprint density at radius 3 is 3.12 bits per heavy atom. The van der Waals surface area contributed by atoms with Crippen LogP contribution in [0.5, 0.6) is 0 Å². The van der Waals surface area contributed by atoms with Crippen molar-refractivity contribution >= 4 is 5.82 Å². The van der Waals surface area contributed by atoms with E-state index in [1.165, 1.54) is 4.57 Å². The fourth-order valence-electron chi connectivity index (χ4n) is 1.79. The second kappa shape index (κ2) is 4.49. The predicted octanol–water partition coefficient (Wildman–Crippen LogP) is 0.129. The molecule has 0 bridgehead atoms. The van der Waals surface area contributed by atoms with Crippen LogP contribution in [0, 0.1) is 5.92 Å². The first-order chi connectivity index (χ1) is 7.70. The van der Waals surface area contributed by atoms with Gasteiger partial charge in [0.05, 0.1) is 0 Å². The zero-order valence-electron chi connectivity index (χ0n) is 9.13. The standard InChI is InChI=1S/C11H15N3O2/c1-14-5-4-12-10(11(14)16)13-9-3-2-8(6-9)7-15/h2-5,8-9,15H,6-7H2,1H3,(H,12,13)/t8-,9+/m0/s1. The summed E-state index contributed by atoms with van der Waals surface area (Å²) >= 11 is 0. The lowest BCUT2D eigenvalue weighted by Crippen LogP contribution is -2.26. The summed E-state index contributed by atoms with van der Waals surface area (Å²) in [5, 5.41) is 12.1. The van der Waals surface area contributed by atoms with Gasteiger partial charge in [-0.1, -0.05) is 12.2 Å². The minimum atomic E-state index is -0.136. The first-order valence-electron chi connectivity index (χ1n) is 5.28. The molecule has 16 heavy (non-hydrogen) atoms. The van der Waals surface area contributed by atoms with Crippen LogP contribution in [0.25, 0.3) is 0 Å². The van der Waals surface area contributed by atoms with E-state index >= 15 is 0 Å². The molecule has 0 aromatic carbocycles. The lowest BCUT2D eigenvalue weighted by Gasteiger charge is -2.12. The molecule has 5 heteroatoms. The average molecular weight is 221 g/mol. The number of aliphatic hydroxyl groups excluding tert-OH is 1. The molecule has 0 spiro atoms. The van der Waals surface area contributed by atoms with E-state index in [-0.39, 0.29) is 24.1 Å². The van der Waals surface area contributed by atoms with E-state index < -0.39 is 0 Å². The molecule has 86 valence electrons. The smallest absolute Gasteiger partial charge is 0.293 e. The molecular formula is C11H15N3O2.